The summed E-state index contributed by atoms with van der Waals surface area (Å²) in [6.45, 7) is 7.35. The van der Waals surface area contributed by atoms with Gasteiger partial charge in [-0.05, 0) is 43.2 Å². The highest BCUT2D eigenvalue weighted by Gasteiger charge is 2.40. The second kappa shape index (κ2) is 10.3. The molecule has 35 heavy (non-hydrogen) atoms. The van der Waals surface area contributed by atoms with Crippen molar-refractivity contribution in [2.24, 2.45) is 17.8 Å². The van der Waals surface area contributed by atoms with E-state index in [9.17, 15) is 19.6 Å². The van der Waals surface area contributed by atoms with Crippen LogP contribution in [0.1, 0.15) is 56.2 Å². The first kappa shape index (κ1) is 24.5. The summed E-state index contributed by atoms with van der Waals surface area (Å²) in [6, 6.07) is 9.81. The molecule has 184 valence electrons. The average Bonchev–Trinajstić information content (AvgIpc) is 2.83. The Morgan fingerprint density at radius 3 is 2.69 bits per heavy atom. The summed E-state index contributed by atoms with van der Waals surface area (Å²) in [5.41, 5.74) is 1.75. The molecule has 9 nitrogen and oxygen atoms in total. The lowest BCUT2D eigenvalue weighted by molar-refractivity contribution is -0.148. The number of hydrogen-bond donors (Lipinski definition) is 2. The van der Waals surface area contributed by atoms with E-state index >= 15 is 0 Å². The first-order valence-electron chi connectivity index (χ1n) is 12.2. The number of carbonyl (C=O) groups is 2. The number of aromatic nitrogens is 2. The molecule has 1 fully saturated rings. The Kier molecular flexibility index (Phi) is 7.20. The highest BCUT2D eigenvalue weighted by Crippen LogP contribution is 2.38. The van der Waals surface area contributed by atoms with Gasteiger partial charge in [0.05, 0.1) is 24.2 Å². The lowest BCUT2D eigenvalue weighted by Crippen LogP contribution is -2.43. The Labute approximate surface area is 204 Å². The fraction of sp³-hybridized carbons (Fsp3) is 0.500. The normalized spacial score (nSPS) is 21.7. The number of esters is 1. The summed E-state index contributed by atoms with van der Waals surface area (Å²) < 4.78 is 5.16. The van der Waals surface area contributed by atoms with E-state index in [0.717, 1.165) is 24.0 Å². The predicted molar refractivity (Wildman–Crippen MR) is 131 cm³/mol. The van der Waals surface area contributed by atoms with Crippen molar-refractivity contribution in [2.75, 3.05) is 29.9 Å². The molecule has 0 aliphatic carbocycles. The van der Waals surface area contributed by atoms with Crippen molar-refractivity contribution in [2.45, 2.75) is 46.0 Å². The number of nitriles is 1. The molecule has 0 spiro atoms. The van der Waals surface area contributed by atoms with Crippen LogP contribution in [0.25, 0.3) is 0 Å². The largest absolute Gasteiger partial charge is 0.466 e. The van der Waals surface area contributed by atoms with E-state index in [1.807, 2.05) is 29.2 Å². The zero-order chi connectivity index (χ0) is 25.1. The Balaban J connectivity index is 1.69. The molecule has 0 radical (unpaired) electrons. The number of aromatic amines is 1. The minimum Gasteiger partial charge on any atom is -0.466 e. The highest BCUT2D eigenvalue weighted by molar-refractivity contribution is 5.98. The Morgan fingerprint density at radius 2 is 2.03 bits per heavy atom. The number of anilines is 2. The van der Waals surface area contributed by atoms with Gasteiger partial charge in [-0.2, -0.15) is 10.2 Å². The fourth-order valence-corrected chi connectivity index (χ4v) is 4.96. The molecule has 9 heteroatoms. The molecule has 3 atom stereocenters. The molecule has 3 unspecified atom stereocenters. The van der Waals surface area contributed by atoms with E-state index in [-0.39, 0.29) is 23.3 Å². The summed E-state index contributed by atoms with van der Waals surface area (Å²) in [6.07, 6.45) is 2.37. The number of rotatable bonds is 6. The van der Waals surface area contributed by atoms with E-state index in [1.165, 1.54) is 0 Å². The predicted octanol–water partition coefficient (Wildman–Crippen LogP) is 2.97. The maximum atomic E-state index is 13.3. The van der Waals surface area contributed by atoms with Crippen LogP contribution in [0.5, 0.6) is 0 Å². The third-order valence-electron chi connectivity index (χ3n) is 6.57. The maximum absolute atomic E-state index is 13.3. The molecule has 1 aromatic carbocycles. The summed E-state index contributed by atoms with van der Waals surface area (Å²) >= 11 is 0. The lowest BCUT2D eigenvalue weighted by Gasteiger charge is -2.33. The number of amides is 1. The monoisotopic (exact) mass is 477 g/mol. The van der Waals surface area contributed by atoms with Crippen molar-refractivity contribution in [3.8, 4) is 6.07 Å². The van der Waals surface area contributed by atoms with Crippen LogP contribution in [0.15, 0.2) is 29.1 Å². The van der Waals surface area contributed by atoms with E-state index in [4.69, 9.17) is 4.74 Å². The van der Waals surface area contributed by atoms with Crippen LogP contribution >= 0.6 is 0 Å². The van der Waals surface area contributed by atoms with Gasteiger partial charge in [0.15, 0.2) is 0 Å². The summed E-state index contributed by atoms with van der Waals surface area (Å²) in [5.74, 6) is -1.87. The molecule has 2 aliphatic rings. The van der Waals surface area contributed by atoms with Crippen LogP contribution in [-0.4, -0.2) is 41.5 Å². The summed E-state index contributed by atoms with van der Waals surface area (Å²) in [4.78, 5) is 47.7. The van der Waals surface area contributed by atoms with Crippen LogP contribution in [0.4, 0.5) is 11.8 Å². The lowest BCUT2D eigenvalue weighted by atomic mass is 9.79. The molecule has 0 bridgehead atoms. The molecule has 0 saturated carbocycles. The van der Waals surface area contributed by atoms with Crippen molar-refractivity contribution in [1.82, 2.24) is 9.97 Å². The number of hydrogen-bond acceptors (Lipinski definition) is 7. The van der Waals surface area contributed by atoms with E-state index in [2.05, 4.69) is 35.2 Å². The van der Waals surface area contributed by atoms with Gasteiger partial charge in [0, 0.05) is 19.0 Å². The Bertz CT molecular complexity index is 1200. The van der Waals surface area contributed by atoms with Crippen molar-refractivity contribution in [1.29, 1.82) is 5.26 Å². The van der Waals surface area contributed by atoms with Crippen LogP contribution in [0.3, 0.4) is 0 Å². The number of H-pyrrole nitrogens is 1. The minimum absolute atomic E-state index is 0.162. The van der Waals surface area contributed by atoms with Crippen molar-refractivity contribution >= 4 is 23.6 Å². The topological polar surface area (TPSA) is 128 Å². The van der Waals surface area contributed by atoms with Gasteiger partial charge in [-0.3, -0.25) is 19.4 Å². The van der Waals surface area contributed by atoms with Gasteiger partial charge >= 0.3 is 5.97 Å². The van der Waals surface area contributed by atoms with Crippen LogP contribution < -0.4 is 15.8 Å². The van der Waals surface area contributed by atoms with Gasteiger partial charge in [-0.15, -0.1) is 0 Å². The molecule has 4 rings (SSSR count). The number of carbonyl (C=O) groups excluding carboxylic acids is 2. The van der Waals surface area contributed by atoms with Gasteiger partial charge in [0.2, 0.25) is 11.9 Å². The minimum atomic E-state index is -1.05. The molecule has 1 saturated heterocycles. The quantitative estimate of drug-likeness (QED) is 0.612. The number of fused-ring (bicyclic) bond motifs is 1. The van der Waals surface area contributed by atoms with Gasteiger partial charge in [0.1, 0.15) is 11.7 Å². The third kappa shape index (κ3) is 5.06. The van der Waals surface area contributed by atoms with E-state index in [1.54, 1.807) is 6.92 Å². The number of ether oxygens (including phenoxy) is 1. The molecule has 2 N–H and O–H groups in total. The van der Waals surface area contributed by atoms with Crippen molar-refractivity contribution < 1.29 is 14.3 Å². The van der Waals surface area contributed by atoms with Gasteiger partial charge in [0.25, 0.3) is 5.56 Å². The van der Waals surface area contributed by atoms with Crippen molar-refractivity contribution in [3.63, 3.8) is 0 Å². The summed E-state index contributed by atoms with van der Waals surface area (Å²) in [7, 11) is 0. The second-order valence-corrected chi connectivity index (χ2v) is 9.60. The van der Waals surface area contributed by atoms with Gasteiger partial charge < -0.3 is 15.0 Å². The van der Waals surface area contributed by atoms with E-state index < -0.39 is 23.3 Å². The molecule has 2 aromatic rings. The molecule has 3 heterocycles. The zero-order valence-electron chi connectivity index (χ0n) is 20.3. The van der Waals surface area contributed by atoms with Crippen molar-refractivity contribution in [3.05, 3.63) is 51.3 Å². The first-order valence-corrected chi connectivity index (χ1v) is 12.2. The zero-order valence-corrected chi connectivity index (χ0v) is 20.3. The van der Waals surface area contributed by atoms with Crippen LogP contribution in [0, 0.1) is 29.1 Å². The SMILES string of the molecule is CCOC(=O)C1CCCN(c2nc3c(c(=O)[nH]2)C(c2ccc(CC(C)C)cc2)C(C#N)C(=O)N3)C1. The third-order valence-corrected chi connectivity index (χ3v) is 6.57. The Hall–Kier alpha value is -3.67. The molecule has 1 amide bonds. The molecular formula is C26H31N5O4. The molecular weight excluding hydrogens is 446 g/mol. The molecule has 1 aromatic heterocycles. The number of piperidine rings is 1. The second-order valence-electron chi connectivity index (χ2n) is 9.60. The highest BCUT2D eigenvalue weighted by atomic mass is 16.5. The molecule has 2 aliphatic heterocycles. The number of nitrogens with one attached hydrogen (secondary N) is 2. The standard InChI is InChI=1S/C26H31N5O4/c1-4-35-25(34)18-6-5-11-31(14-18)26-29-22-21(24(33)30-26)20(19(13-27)23(32)28-22)17-9-7-16(8-10-17)12-15(2)3/h7-10,15,18-20H,4-6,11-12,14H2,1-3H3,(H2,28,29,30,32,33). The number of benzene rings is 1. The van der Waals surface area contributed by atoms with Gasteiger partial charge in [-0.25, -0.2) is 0 Å². The fourth-order valence-electron chi connectivity index (χ4n) is 4.96. The van der Waals surface area contributed by atoms with Crippen LogP contribution in [0.2, 0.25) is 0 Å². The van der Waals surface area contributed by atoms with Gasteiger partial charge in [-0.1, -0.05) is 38.1 Å². The maximum Gasteiger partial charge on any atom is 0.310 e. The Morgan fingerprint density at radius 1 is 1.29 bits per heavy atom. The van der Waals surface area contributed by atoms with Crippen LogP contribution in [-0.2, 0) is 20.7 Å². The number of nitrogens with zero attached hydrogens (tertiary/aromatic N) is 3. The smallest absolute Gasteiger partial charge is 0.310 e. The summed E-state index contributed by atoms with van der Waals surface area (Å²) in [5, 5.41) is 12.4. The average molecular weight is 478 g/mol. The van der Waals surface area contributed by atoms with E-state index in [0.29, 0.717) is 38.0 Å². The first-order chi connectivity index (χ1) is 16.8.